The van der Waals surface area contributed by atoms with Crippen molar-refractivity contribution in [2.24, 2.45) is 0 Å². The Labute approximate surface area is 51.3 Å². The molecule has 46 valence electrons. The van der Waals surface area contributed by atoms with Crippen molar-refractivity contribution < 1.29 is 0 Å². The first-order valence-electron chi connectivity index (χ1n) is 2.70. The van der Waals surface area contributed by atoms with E-state index in [4.69, 9.17) is 0 Å². The Balaban J connectivity index is 3.81. The van der Waals surface area contributed by atoms with Crippen LogP contribution in [0.4, 0.5) is 0 Å². The van der Waals surface area contributed by atoms with Gasteiger partial charge in [-0.3, -0.25) is 0 Å². The molecule has 0 saturated heterocycles. The zero-order valence-electron chi connectivity index (χ0n) is 5.81. The smallest absolute Gasteiger partial charge is 0.0108 e. The minimum atomic E-state index is 1.22. The molecule has 0 atom stereocenters. The van der Waals surface area contributed by atoms with Gasteiger partial charge >= 0.3 is 0 Å². The molecule has 0 rings (SSSR count). The lowest BCUT2D eigenvalue weighted by Crippen LogP contribution is -2.05. The molecular weight excluding hydrogens is 98.1 g/mol. The van der Waals surface area contributed by atoms with E-state index in [-0.39, 0.29) is 0 Å². The third-order valence-corrected chi connectivity index (χ3v) is 1.25. The maximum absolute atomic E-state index is 3.61. The summed E-state index contributed by atoms with van der Waals surface area (Å²) >= 11 is 0. The number of allylic oxidation sites excluding steroid dienone is 2. The second-order valence-electron chi connectivity index (χ2n) is 1.72. The highest BCUT2D eigenvalue weighted by molar-refractivity contribution is 4.97. The summed E-state index contributed by atoms with van der Waals surface area (Å²) in [6, 6.07) is 0. The van der Waals surface area contributed by atoms with Gasteiger partial charge in [-0.25, -0.2) is 0 Å². The van der Waals surface area contributed by atoms with E-state index in [9.17, 15) is 0 Å². The van der Waals surface area contributed by atoms with Gasteiger partial charge in [0.2, 0.25) is 0 Å². The molecule has 0 aromatic rings. The summed E-state index contributed by atoms with van der Waals surface area (Å²) in [4.78, 5) is 1.97. The van der Waals surface area contributed by atoms with Crippen molar-refractivity contribution in [3.8, 4) is 0 Å². The molecule has 0 aliphatic heterocycles. The normalized spacial score (nSPS) is 11.1. The zero-order valence-corrected chi connectivity index (χ0v) is 5.81. The van der Waals surface area contributed by atoms with Crippen molar-refractivity contribution in [2.45, 2.75) is 13.8 Å². The summed E-state index contributed by atoms with van der Waals surface area (Å²) in [6.07, 6.45) is 3.83. The fourth-order valence-electron chi connectivity index (χ4n) is 0.348. The molecule has 0 aliphatic carbocycles. The molecule has 0 aromatic carbocycles. The van der Waals surface area contributed by atoms with E-state index < -0.39 is 0 Å². The summed E-state index contributed by atoms with van der Waals surface area (Å²) in [5.74, 6) is 0. The highest BCUT2D eigenvalue weighted by atomic mass is 15.1. The van der Waals surface area contributed by atoms with Gasteiger partial charge in [0.15, 0.2) is 0 Å². The highest BCUT2D eigenvalue weighted by Crippen LogP contribution is 1.97. The second-order valence-corrected chi connectivity index (χ2v) is 1.72. The predicted molar refractivity (Wildman–Crippen MR) is 37.4 cm³/mol. The van der Waals surface area contributed by atoms with Crippen molar-refractivity contribution >= 4 is 0 Å². The molecule has 0 saturated carbocycles. The van der Waals surface area contributed by atoms with Gasteiger partial charge in [-0.05, 0) is 20.0 Å². The van der Waals surface area contributed by atoms with Gasteiger partial charge in [0.25, 0.3) is 0 Å². The average Bonchev–Trinajstić information content (AvgIpc) is 1.84. The van der Waals surface area contributed by atoms with E-state index in [2.05, 4.69) is 6.58 Å². The van der Waals surface area contributed by atoms with Crippen LogP contribution in [0.2, 0.25) is 0 Å². The van der Waals surface area contributed by atoms with E-state index in [1.54, 1.807) is 6.20 Å². The van der Waals surface area contributed by atoms with Crippen molar-refractivity contribution in [1.29, 1.82) is 0 Å². The summed E-state index contributed by atoms with van der Waals surface area (Å²) in [6.45, 7) is 7.67. The van der Waals surface area contributed by atoms with Crippen LogP contribution in [-0.2, 0) is 0 Å². The molecule has 0 aromatic heterocycles. The number of nitrogens with zero attached hydrogens (tertiary/aromatic N) is 1. The van der Waals surface area contributed by atoms with Crippen LogP contribution in [0.15, 0.2) is 24.6 Å². The van der Waals surface area contributed by atoms with Crippen LogP contribution in [0.5, 0.6) is 0 Å². The van der Waals surface area contributed by atoms with Crippen LogP contribution in [-0.4, -0.2) is 11.9 Å². The average molecular weight is 111 g/mol. The monoisotopic (exact) mass is 111 g/mol. The maximum atomic E-state index is 3.61. The fraction of sp³-hybridized carbons (Fsp3) is 0.429. The minimum Gasteiger partial charge on any atom is -0.356 e. The first-order chi connectivity index (χ1) is 3.72. The SMILES string of the molecule is C=CN(C)/C(C)=C\C. The summed E-state index contributed by atoms with van der Waals surface area (Å²) in [7, 11) is 1.97. The number of hydrogen-bond acceptors (Lipinski definition) is 1. The number of hydrogen-bond donors (Lipinski definition) is 0. The lowest BCUT2D eigenvalue weighted by molar-refractivity contribution is 0.571. The van der Waals surface area contributed by atoms with Gasteiger partial charge in [0.1, 0.15) is 0 Å². The molecule has 0 aliphatic rings. The van der Waals surface area contributed by atoms with Crippen molar-refractivity contribution in [3.05, 3.63) is 24.6 Å². The van der Waals surface area contributed by atoms with Crippen LogP contribution in [0, 0.1) is 0 Å². The molecule has 0 unspecified atom stereocenters. The van der Waals surface area contributed by atoms with Gasteiger partial charge in [-0.2, -0.15) is 0 Å². The van der Waals surface area contributed by atoms with Crippen molar-refractivity contribution in [2.75, 3.05) is 7.05 Å². The maximum Gasteiger partial charge on any atom is 0.0108 e. The molecule has 0 N–H and O–H groups in total. The Morgan fingerprint density at radius 1 is 1.62 bits per heavy atom. The van der Waals surface area contributed by atoms with Crippen LogP contribution >= 0.6 is 0 Å². The van der Waals surface area contributed by atoms with Crippen LogP contribution in [0.1, 0.15) is 13.8 Å². The fourth-order valence-corrected chi connectivity index (χ4v) is 0.348. The first kappa shape index (κ1) is 7.28. The molecule has 0 amide bonds. The molecule has 0 heterocycles. The Kier molecular flexibility index (Phi) is 3.01. The summed E-state index contributed by atoms with van der Waals surface area (Å²) in [5.41, 5.74) is 1.22. The molecule has 0 fully saturated rings. The van der Waals surface area contributed by atoms with E-state index in [0.717, 1.165) is 0 Å². The Morgan fingerprint density at radius 3 is 2.25 bits per heavy atom. The third-order valence-electron chi connectivity index (χ3n) is 1.25. The standard InChI is InChI=1S/C7H13N/c1-5-7(3)8(4)6-2/h5-6H,2H2,1,3-4H3/b7-5-. The zero-order chi connectivity index (χ0) is 6.57. The van der Waals surface area contributed by atoms with E-state index in [1.165, 1.54) is 5.70 Å². The van der Waals surface area contributed by atoms with Gasteiger partial charge in [-0.1, -0.05) is 12.7 Å². The highest BCUT2D eigenvalue weighted by Gasteiger charge is 1.86. The molecule has 1 heteroatoms. The summed E-state index contributed by atoms with van der Waals surface area (Å²) in [5, 5.41) is 0. The van der Waals surface area contributed by atoms with Crippen LogP contribution in [0.3, 0.4) is 0 Å². The van der Waals surface area contributed by atoms with Crippen molar-refractivity contribution in [3.63, 3.8) is 0 Å². The number of rotatable bonds is 2. The van der Waals surface area contributed by atoms with E-state index in [0.29, 0.717) is 0 Å². The molecule has 0 bridgehead atoms. The topological polar surface area (TPSA) is 3.24 Å². The van der Waals surface area contributed by atoms with E-state index in [1.807, 2.05) is 31.9 Å². The Bertz CT molecular complexity index is 103. The lowest BCUT2D eigenvalue weighted by Gasteiger charge is -2.11. The van der Waals surface area contributed by atoms with Gasteiger partial charge in [0.05, 0.1) is 0 Å². The van der Waals surface area contributed by atoms with Gasteiger partial charge < -0.3 is 4.90 Å². The Morgan fingerprint density at radius 2 is 2.12 bits per heavy atom. The Hall–Kier alpha value is -0.720. The van der Waals surface area contributed by atoms with Crippen LogP contribution in [0.25, 0.3) is 0 Å². The molecular formula is C7H13N. The first-order valence-corrected chi connectivity index (χ1v) is 2.70. The van der Waals surface area contributed by atoms with Gasteiger partial charge in [-0.15, -0.1) is 0 Å². The van der Waals surface area contributed by atoms with Crippen LogP contribution < -0.4 is 0 Å². The van der Waals surface area contributed by atoms with Crippen molar-refractivity contribution in [1.82, 2.24) is 4.90 Å². The predicted octanol–water partition coefficient (Wildman–Crippen LogP) is 1.99. The largest absolute Gasteiger partial charge is 0.356 e. The molecule has 1 nitrogen and oxygen atoms in total. The quantitative estimate of drug-likeness (QED) is 0.526. The molecule has 0 radical (unpaired) electrons. The minimum absolute atomic E-state index is 1.22. The third kappa shape index (κ3) is 1.82. The molecule has 0 spiro atoms. The van der Waals surface area contributed by atoms with Gasteiger partial charge in [0, 0.05) is 12.7 Å². The summed E-state index contributed by atoms with van der Waals surface area (Å²) < 4.78 is 0. The van der Waals surface area contributed by atoms with E-state index >= 15 is 0 Å². The second kappa shape index (κ2) is 3.30. The molecule has 8 heavy (non-hydrogen) atoms. The lowest BCUT2D eigenvalue weighted by atomic mass is 10.4.